The number of rotatable bonds is 6. The van der Waals surface area contributed by atoms with E-state index in [0.29, 0.717) is 22.9 Å². The minimum atomic E-state index is -0.463. The highest BCUT2D eigenvalue weighted by Crippen LogP contribution is 2.27. The minimum Gasteiger partial charge on any atom is -0.489 e. The third-order valence-corrected chi connectivity index (χ3v) is 3.38. The van der Waals surface area contributed by atoms with Crippen molar-refractivity contribution >= 4 is 17.3 Å². The maximum Gasteiger partial charge on any atom is 0.277 e. The van der Waals surface area contributed by atoms with E-state index >= 15 is 0 Å². The van der Waals surface area contributed by atoms with Crippen LogP contribution in [-0.2, 0) is 13.0 Å². The predicted molar refractivity (Wildman–Crippen MR) is 81.6 cm³/mol. The van der Waals surface area contributed by atoms with Crippen molar-refractivity contribution in [1.82, 2.24) is 0 Å². The van der Waals surface area contributed by atoms with Gasteiger partial charge in [-0.2, -0.15) is 0 Å². The van der Waals surface area contributed by atoms with Crippen molar-refractivity contribution in [1.29, 1.82) is 0 Å². The Bertz CT molecular complexity index is 629. The van der Waals surface area contributed by atoms with E-state index in [1.165, 1.54) is 6.07 Å². The van der Waals surface area contributed by atoms with Gasteiger partial charge in [-0.1, -0.05) is 29.8 Å². The fraction of sp³-hybridized carbons (Fsp3) is 0.200. The van der Waals surface area contributed by atoms with Crippen molar-refractivity contribution in [3.05, 3.63) is 68.7 Å². The molecule has 0 saturated carbocycles. The van der Waals surface area contributed by atoms with E-state index < -0.39 is 4.92 Å². The molecule has 0 unspecified atom stereocenters. The van der Waals surface area contributed by atoms with E-state index in [4.69, 9.17) is 22.1 Å². The molecule has 5 nitrogen and oxygen atoms in total. The number of hydrogen-bond donors (Lipinski definition) is 1. The number of nitro groups is 1. The molecule has 0 fully saturated rings. The average Bonchev–Trinajstić information content (AvgIpc) is 2.47. The maximum absolute atomic E-state index is 11.0. The molecule has 2 rings (SSSR count). The lowest BCUT2D eigenvalue weighted by Gasteiger charge is -2.09. The Morgan fingerprint density at radius 3 is 2.52 bits per heavy atom. The molecule has 0 amide bonds. The van der Waals surface area contributed by atoms with Crippen LogP contribution in [-0.4, -0.2) is 11.5 Å². The lowest BCUT2D eigenvalue weighted by atomic mass is 10.1. The Labute approximate surface area is 127 Å². The van der Waals surface area contributed by atoms with E-state index in [0.717, 1.165) is 12.0 Å². The first-order chi connectivity index (χ1) is 10.1. The molecule has 0 aromatic heterocycles. The van der Waals surface area contributed by atoms with Crippen molar-refractivity contribution in [3.63, 3.8) is 0 Å². The van der Waals surface area contributed by atoms with Gasteiger partial charge in [0.25, 0.3) is 5.69 Å². The molecule has 0 bridgehead atoms. The Morgan fingerprint density at radius 2 is 1.90 bits per heavy atom. The van der Waals surface area contributed by atoms with Crippen LogP contribution in [0, 0.1) is 10.1 Å². The molecule has 6 heteroatoms. The summed E-state index contributed by atoms with van der Waals surface area (Å²) in [4.78, 5) is 10.5. The summed E-state index contributed by atoms with van der Waals surface area (Å²) >= 11 is 6.01. The van der Waals surface area contributed by atoms with E-state index in [9.17, 15) is 10.1 Å². The first kappa shape index (κ1) is 15.3. The van der Waals surface area contributed by atoms with Crippen LogP contribution in [0.2, 0.25) is 5.02 Å². The molecular weight excluding hydrogens is 292 g/mol. The molecule has 0 aliphatic heterocycles. The molecule has 2 N–H and O–H groups in total. The van der Waals surface area contributed by atoms with Crippen LogP contribution in [0.15, 0.2) is 42.5 Å². The predicted octanol–water partition coefficient (Wildman–Crippen LogP) is 3.33. The van der Waals surface area contributed by atoms with E-state index in [2.05, 4.69) is 0 Å². The number of benzene rings is 2. The van der Waals surface area contributed by atoms with E-state index in [-0.39, 0.29) is 12.3 Å². The molecular formula is C15H15ClN2O3. The van der Waals surface area contributed by atoms with Crippen molar-refractivity contribution in [2.45, 2.75) is 13.0 Å². The summed E-state index contributed by atoms with van der Waals surface area (Å²) in [6.45, 7) is 0.637. The second kappa shape index (κ2) is 7.06. The van der Waals surface area contributed by atoms with Gasteiger partial charge in [0, 0.05) is 6.07 Å². The minimum absolute atomic E-state index is 0.0396. The number of ether oxygens (including phenoxy) is 1. The van der Waals surface area contributed by atoms with Crippen molar-refractivity contribution in [3.8, 4) is 5.75 Å². The Hall–Kier alpha value is -2.11. The molecule has 21 heavy (non-hydrogen) atoms. The second-order valence-corrected chi connectivity index (χ2v) is 4.87. The molecule has 0 spiro atoms. The largest absolute Gasteiger partial charge is 0.489 e. The first-order valence-corrected chi connectivity index (χ1v) is 6.83. The van der Waals surface area contributed by atoms with E-state index in [1.807, 2.05) is 24.3 Å². The van der Waals surface area contributed by atoms with Gasteiger partial charge in [0.1, 0.15) is 12.4 Å². The van der Waals surface area contributed by atoms with Crippen LogP contribution in [0.4, 0.5) is 5.69 Å². The Kier molecular flexibility index (Phi) is 5.14. The van der Waals surface area contributed by atoms with Crippen LogP contribution in [0.25, 0.3) is 0 Å². The summed E-state index contributed by atoms with van der Waals surface area (Å²) in [5.41, 5.74) is 6.94. The normalized spacial score (nSPS) is 10.4. The fourth-order valence-electron chi connectivity index (χ4n) is 1.94. The standard InChI is InChI=1S/C15H15ClN2O3/c16-14-2-1-3-15(18(19)20)13(14)10-21-12-6-4-11(5-7-12)8-9-17/h1-7H,8-10,17H2. The second-order valence-electron chi connectivity index (χ2n) is 4.47. The molecule has 0 saturated heterocycles. The van der Waals surface area contributed by atoms with Gasteiger partial charge in [-0.3, -0.25) is 10.1 Å². The lowest BCUT2D eigenvalue weighted by molar-refractivity contribution is -0.385. The first-order valence-electron chi connectivity index (χ1n) is 6.45. The summed E-state index contributed by atoms with van der Waals surface area (Å²) in [7, 11) is 0. The molecule has 0 heterocycles. The molecule has 2 aromatic rings. The fourth-order valence-corrected chi connectivity index (χ4v) is 2.16. The summed E-state index contributed by atoms with van der Waals surface area (Å²) in [5, 5.41) is 11.3. The van der Waals surface area contributed by atoms with Gasteiger partial charge >= 0.3 is 0 Å². The number of nitro benzene ring substituents is 1. The number of nitrogens with two attached hydrogens (primary N) is 1. The Morgan fingerprint density at radius 1 is 1.19 bits per heavy atom. The zero-order chi connectivity index (χ0) is 15.2. The summed E-state index contributed by atoms with van der Waals surface area (Å²) < 4.78 is 5.58. The molecule has 0 atom stereocenters. The van der Waals surface area contributed by atoms with E-state index in [1.54, 1.807) is 12.1 Å². The van der Waals surface area contributed by atoms with Crippen LogP contribution < -0.4 is 10.5 Å². The van der Waals surface area contributed by atoms with Gasteiger partial charge in [-0.05, 0) is 36.7 Å². The third-order valence-electron chi connectivity index (χ3n) is 3.03. The summed E-state index contributed by atoms with van der Waals surface area (Å²) in [5.74, 6) is 0.630. The quantitative estimate of drug-likeness (QED) is 0.656. The summed E-state index contributed by atoms with van der Waals surface area (Å²) in [6.07, 6.45) is 0.802. The monoisotopic (exact) mass is 306 g/mol. The van der Waals surface area contributed by atoms with Crippen molar-refractivity contribution in [2.75, 3.05) is 6.54 Å². The van der Waals surface area contributed by atoms with Crippen LogP contribution in [0.1, 0.15) is 11.1 Å². The molecule has 0 radical (unpaired) electrons. The number of hydrogen-bond acceptors (Lipinski definition) is 4. The zero-order valence-corrected chi connectivity index (χ0v) is 12.0. The van der Waals surface area contributed by atoms with Gasteiger partial charge in [0.2, 0.25) is 0 Å². The molecule has 110 valence electrons. The van der Waals surface area contributed by atoms with Crippen LogP contribution >= 0.6 is 11.6 Å². The maximum atomic E-state index is 11.0. The molecule has 0 aliphatic carbocycles. The Balaban J connectivity index is 2.11. The number of halogens is 1. The van der Waals surface area contributed by atoms with Gasteiger partial charge in [-0.25, -0.2) is 0 Å². The topological polar surface area (TPSA) is 78.4 Å². The highest BCUT2D eigenvalue weighted by atomic mass is 35.5. The van der Waals surface area contributed by atoms with Gasteiger partial charge in [0.15, 0.2) is 0 Å². The highest BCUT2D eigenvalue weighted by Gasteiger charge is 2.16. The van der Waals surface area contributed by atoms with Crippen LogP contribution in [0.5, 0.6) is 5.75 Å². The van der Waals surface area contributed by atoms with Gasteiger partial charge < -0.3 is 10.5 Å². The smallest absolute Gasteiger partial charge is 0.277 e. The van der Waals surface area contributed by atoms with Crippen molar-refractivity contribution < 1.29 is 9.66 Å². The lowest BCUT2D eigenvalue weighted by Crippen LogP contribution is -2.03. The van der Waals surface area contributed by atoms with Gasteiger partial charge in [-0.15, -0.1) is 0 Å². The molecule has 2 aromatic carbocycles. The average molecular weight is 307 g/mol. The summed E-state index contributed by atoms with van der Waals surface area (Å²) in [6, 6.07) is 12.0. The highest BCUT2D eigenvalue weighted by molar-refractivity contribution is 6.31. The SMILES string of the molecule is NCCc1ccc(OCc2c(Cl)cccc2[N+](=O)[O-])cc1. The molecule has 0 aliphatic rings. The zero-order valence-electron chi connectivity index (χ0n) is 11.3. The number of nitrogens with zero attached hydrogens (tertiary/aromatic N) is 1. The van der Waals surface area contributed by atoms with Crippen LogP contribution in [0.3, 0.4) is 0 Å². The van der Waals surface area contributed by atoms with Gasteiger partial charge in [0.05, 0.1) is 15.5 Å². The van der Waals surface area contributed by atoms with Crippen molar-refractivity contribution in [2.24, 2.45) is 5.73 Å². The third kappa shape index (κ3) is 3.93.